The van der Waals surface area contributed by atoms with E-state index in [0.29, 0.717) is 4.75 Å². The van der Waals surface area contributed by atoms with Crippen molar-refractivity contribution < 1.29 is 0 Å². The van der Waals surface area contributed by atoms with E-state index in [9.17, 15) is 0 Å². The lowest BCUT2D eigenvalue weighted by molar-refractivity contribution is 0.376. The van der Waals surface area contributed by atoms with Crippen LogP contribution in [0.2, 0.25) is 0 Å². The Morgan fingerprint density at radius 2 is 2.17 bits per heavy atom. The van der Waals surface area contributed by atoms with Crippen molar-refractivity contribution in [2.75, 3.05) is 32.4 Å². The number of aliphatic imine (C=N–C) groups is 1. The summed E-state index contributed by atoms with van der Waals surface area (Å²) in [5.41, 5.74) is 1.25. The lowest BCUT2D eigenvalue weighted by atomic mass is 10.2. The molecule has 1 fully saturated rings. The summed E-state index contributed by atoms with van der Waals surface area (Å²) in [5.74, 6) is 2.19. The van der Waals surface area contributed by atoms with Gasteiger partial charge < -0.3 is 10.2 Å². The second-order valence-electron chi connectivity index (χ2n) is 6.22. The first-order chi connectivity index (χ1) is 10.4. The molecule has 0 aromatic carbocycles. The fourth-order valence-electron chi connectivity index (χ4n) is 2.73. The Kier molecular flexibility index (Phi) is 8.65. The smallest absolute Gasteiger partial charge is 0.193 e. The average Bonchev–Trinajstić information content (AvgIpc) is 2.82. The zero-order valence-corrected chi connectivity index (χ0v) is 18.8. The summed E-state index contributed by atoms with van der Waals surface area (Å²) in [5, 5.41) is 4.73. The molecule has 1 aliphatic heterocycles. The van der Waals surface area contributed by atoms with E-state index in [1.54, 1.807) is 0 Å². The largest absolute Gasteiger partial charge is 0.356 e. The molecule has 23 heavy (non-hydrogen) atoms. The first-order valence-electron chi connectivity index (χ1n) is 8.00. The maximum absolute atomic E-state index is 4.71. The third-order valence-corrected chi connectivity index (χ3v) is 6.20. The fourth-order valence-corrected chi connectivity index (χ4v) is 4.87. The molecule has 0 atom stereocenters. The molecule has 0 amide bonds. The number of nitrogens with one attached hydrogen (secondary N) is 1. The number of hydrogen-bond donors (Lipinski definition) is 1. The van der Waals surface area contributed by atoms with Gasteiger partial charge in [0.15, 0.2) is 5.96 Å². The van der Waals surface area contributed by atoms with Gasteiger partial charge in [0.05, 0.1) is 10.7 Å². The molecule has 0 spiro atoms. The Morgan fingerprint density at radius 3 is 2.74 bits per heavy atom. The Bertz CT molecular complexity index is 528. The number of nitrogens with zero attached hydrogens (tertiary/aromatic N) is 3. The summed E-state index contributed by atoms with van der Waals surface area (Å²) >= 11 is 3.87. The van der Waals surface area contributed by atoms with Crippen LogP contribution in [0.15, 0.2) is 4.99 Å². The van der Waals surface area contributed by atoms with Crippen LogP contribution in [0.5, 0.6) is 0 Å². The summed E-state index contributed by atoms with van der Waals surface area (Å²) in [6.07, 6.45) is 1.99. The molecule has 1 saturated heterocycles. The zero-order valence-electron chi connectivity index (χ0n) is 14.8. The second-order valence-corrected chi connectivity index (χ2v) is 9.31. The molecule has 2 rings (SSSR count). The van der Waals surface area contributed by atoms with Gasteiger partial charge in [-0.3, -0.25) is 4.99 Å². The molecular weight excluding hydrogens is 439 g/mol. The molecule has 1 aromatic heterocycles. The highest BCUT2D eigenvalue weighted by Crippen LogP contribution is 2.29. The second kappa shape index (κ2) is 9.46. The van der Waals surface area contributed by atoms with Gasteiger partial charge in [-0.2, -0.15) is 11.8 Å². The van der Waals surface area contributed by atoms with E-state index < -0.39 is 0 Å². The van der Waals surface area contributed by atoms with E-state index in [2.05, 4.69) is 42.9 Å². The van der Waals surface area contributed by atoms with Gasteiger partial charge in [0, 0.05) is 48.5 Å². The highest BCUT2D eigenvalue weighted by Gasteiger charge is 2.28. The molecule has 0 unspecified atom stereocenters. The summed E-state index contributed by atoms with van der Waals surface area (Å²) < 4.78 is 0.304. The maximum atomic E-state index is 4.71. The van der Waals surface area contributed by atoms with E-state index >= 15 is 0 Å². The predicted molar refractivity (Wildman–Crippen MR) is 115 cm³/mol. The Morgan fingerprint density at radius 1 is 1.43 bits per heavy atom. The van der Waals surface area contributed by atoms with Crippen molar-refractivity contribution in [1.29, 1.82) is 0 Å². The van der Waals surface area contributed by atoms with E-state index in [4.69, 9.17) is 4.98 Å². The Hall–Kier alpha value is -0.0200. The minimum Gasteiger partial charge on any atom is -0.356 e. The van der Waals surface area contributed by atoms with E-state index in [1.807, 2.05) is 30.1 Å². The first kappa shape index (κ1) is 21.0. The Balaban J connectivity index is 0.00000264. The molecule has 0 saturated carbocycles. The number of aryl methyl sites for hydroxylation is 2. The summed E-state index contributed by atoms with van der Waals surface area (Å²) in [7, 11) is 1.87. The van der Waals surface area contributed by atoms with Gasteiger partial charge in [-0.15, -0.1) is 35.3 Å². The van der Waals surface area contributed by atoms with Crippen LogP contribution in [0.4, 0.5) is 0 Å². The lowest BCUT2D eigenvalue weighted by Gasteiger charge is -2.39. The van der Waals surface area contributed by atoms with Crippen LogP contribution in [0, 0.1) is 6.92 Å². The highest BCUT2D eigenvalue weighted by atomic mass is 127. The molecule has 4 nitrogen and oxygen atoms in total. The predicted octanol–water partition coefficient (Wildman–Crippen LogP) is 3.58. The molecule has 1 aliphatic rings. The fraction of sp³-hybridized carbons (Fsp3) is 0.750. The maximum Gasteiger partial charge on any atom is 0.193 e. The van der Waals surface area contributed by atoms with Crippen LogP contribution < -0.4 is 5.32 Å². The topological polar surface area (TPSA) is 40.5 Å². The van der Waals surface area contributed by atoms with Crippen LogP contribution in [0.25, 0.3) is 0 Å². The van der Waals surface area contributed by atoms with Gasteiger partial charge >= 0.3 is 0 Å². The van der Waals surface area contributed by atoms with Crippen molar-refractivity contribution in [3.63, 3.8) is 0 Å². The van der Waals surface area contributed by atoms with E-state index in [-0.39, 0.29) is 24.0 Å². The van der Waals surface area contributed by atoms with Gasteiger partial charge in [-0.1, -0.05) is 6.92 Å². The molecule has 0 aliphatic carbocycles. The molecule has 132 valence electrons. The van der Waals surface area contributed by atoms with Gasteiger partial charge in [-0.25, -0.2) is 4.98 Å². The van der Waals surface area contributed by atoms with Gasteiger partial charge in [-0.05, 0) is 27.2 Å². The van der Waals surface area contributed by atoms with Crippen molar-refractivity contribution in [3.8, 4) is 0 Å². The monoisotopic (exact) mass is 468 g/mol. The molecule has 1 aromatic rings. The average molecular weight is 468 g/mol. The van der Waals surface area contributed by atoms with Crippen LogP contribution in [0.3, 0.4) is 0 Å². The number of aromatic nitrogens is 1. The summed E-state index contributed by atoms with van der Waals surface area (Å²) in [4.78, 5) is 12.9. The SMILES string of the molecule is CCc1nc(CCNC(=NC)N2CCSC(C)(C)C2)sc1C.I. The Labute approximate surface area is 166 Å². The minimum atomic E-state index is 0. The van der Waals surface area contributed by atoms with Crippen LogP contribution in [-0.4, -0.2) is 53.0 Å². The molecule has 1 N–H and O–H groups in total. The summed E-state index contributed by atoms with van der Waals surface area (Å²) in [6, 6.07) is 0. The third-order valence-electron chi connectivity index (χ3n) is 3.83. The van der Waals surface area contributed by atoms with E-state index in [1.165, 1.54) is 21.3 Å². The molecule has 0 bridgehead atoms. The highest BCUT2D eigenvalue weighted by molar-refractivity contribution is 14.0. The van der Waals surface area contributed by atoms with Crippen molar-refractivity contribution in [2.45, 2.75) is 45.3 Å². The number of thiazole rings is 1. The summed E-state index contributed by atoms with van der Waals surface area (Å²) in [6.45, 7) is 12.0. The van der Waals surface area contributed by atoms with Crippen LogP contribution in [-0.2, 0) is 12.8 Å². The minimum absolute atomic E-state index is 0. The van der Waals surface area contributed by atoms with Crippen LogP contribution in [0.1, 0.15) is 36.3 Å². The van der Waals surface area contributed by atoms with Gasteiger partial charge in [0.1, 0.15) is 0 Å². The standard InChI is InChI=1S/C16H28N4S2.HI/c1-6-13-12(2)22-14(19-13)7-8-18-15(17-5)20-9-10-21-16(3,4)11-20;/h6-11H2,1-5H3,(H,17,18);1H. The van der Waals surface area contributed by atoms with Gasteiger partial charge in [0.25, 0.3) is 0 Å². The van der Waals surface area contributed by atoms with Gasteiger partial charge in [0.2, 0.25) is 0 Å². The van der Waals surface area contributed by atoms with Crippen molar-refractivity contribution >= 4 is 53.0 Å². The molecule has 2 heterocycles. The van der Waals surface area contributed by atoms with Crippen LogP contribution >= 0.6 is 47.1 Å². The molecule has 7 heteroatoms. The molecule has 0 radical (unpaired) electrons. The quantitative estimate of drug-likeness (QED) is 0.417. The zero-order chi connectivity index (χ0) is 16.2. The molecular formula is C16H29IN4S2. The van der Waals surface area contributed by atoms with E-state index in [0.717, 1.165) is 38.4 Å². The number of rotatable bonds is 4. The van der Waals surface area contributed by atoms with Crippen molar-refractivity contribution in [3.05, 3.63) is 15.6 Å². The number of halogens is 1. The normalized spacial score (nSPS) is 17.8. The lowest BCUT2D eigenvalue weighted by Crippen LogP contribution is -2.51. The number of guanidine groups is 1. The van der Waals surface area contributed by atoms with Crippen molar-refractivity contribution in [2.24, 2.45) is 4.99 Å². The van der Waals surface area contributed by atoms with Crippen molar-refractivity contribution in [1.82, 2.24) is 15.2 Å². The number of thioether (sulfide) groups is 1. The number of hydrogen-bond acceptors (Lipinski definition) is 4. The third kappa shape index (κ3) is 6.08. The first-order valence-corrected chi connectivity index (χ1v) is 9.80.